The fourth-order valence-electron chi connectivity index (χ4n) is 6.07. The Balaban J connectivity index is 1.57. The number of hydrogen-bond donors (Lipinski definition) is 0. The van der Waals surface area contributed by atoms with Gasteiger partial charge in [-0.2, -0.15) is 0 Å². The van der Waals surface area contributed by atoms with E-state index in [-0.39, 0.29) is 29.1 Å². The molecule has 4 atom stereocenters. The average Bonchev–Trinajstić information content (AvgIpc) is 2.73. The Morgan fingerprint density at radius 2 is 2.03 bits per heavy atom. The number of hydrogen-bond acceptors (Lipinski definition) is 4. The predicted octanol–water partition coefficient (Wildman–Crippen LogP) is 6.76. The number of nitrogens with zero attached hydrogens (tertiary/aromatic N) is 1. The third-order valence-corrected chi connectivity index (χ3v) is 7.71. The maximum atomic E-state index is 12.9. The van der Waals surface area contributed by atoms with Crippen LogP contribution in [0, 0.1) is 17.3 Å². The van der Waals surface area contributed by atoms with Gasteiger partial charge in [0.25, 0.3) is 0 Å². The molecule has 33 heavy (non-hydrogen) atoms. The van der Waals surface area contributed by atoms with Crippen molar-refractivity contribution in [1.82, 2.24) is 4.90 Å². The van der Waals surface area contributed by atoms with Crippen LogP contribution >= 0.6 is 0 Å². The van der Waals surface area contributed by atoms with E-state index in [4.69, 9.17) is 14.2 Å². The van der Waals surface area contributed by atoms with Gasteiger partial charge in [-0.3, -0.25) is 0 Å². The van der Waals surface area contributed by atoms with Crippen molar-refractivity contribution in [2.75, 3.05) is 19.7 Å². The van der Waals surface area contributed by atoms with Gasteiger partial charge in [0, 0.05) is 30.0 Å². The molecule has 0 unspecified atom stereocenters. The molecule has 0 aromatic heterocycles. The molecule has 0 saturated carbocycles. The SMILES string of the molecule is CC(C)CCC[C@@]1(C)Oc2ccccc2[C@H]2OC[C@]3(CCCN(C(=O)OC(C)(C)C)C3)C[C@@H]21. The molecule has 1 spiro atoms. The number of fused-ring (bicyclic) bond motifs is 3. The predicted molar refractivity (Wildman–Crippen MR) is 130 cm³/mol. The first-order valence-corrected chi connectivity index (χ1v) is 12.9. The number of benzene rings is 1. The van der Waals surface area contributed by atoms with Crippen molar-refractivity contribution in [3.8, 4) is 5.75 Å². The highest BCUT2D eigenvalue weighted by Crippen LogP contribution is 2.56. The lowest BCUT2D eigenvalue weighted by atomic mass is 9.64. The number of amides is 1. The first-order valence-electron chi connectivity index (χ1n) is 12.9. The van der Waals surface area contributed by atoms with Crippen molar-refractivity contribution in [3.63, 3.8) is 0 Å². The molecular weight excluding hydrogens is 414 g/mol. The molecule has 0 bridgehead atoms. The Labute approximate surface area is 200 Å². The molecule has 0 N–H and O–H groups in total. The standard InChI is InChI=1S/C28H43NO4/c1-20(2)11-9-14-27(6)22-17-28(15-10-16-29(18-28)25(30)33-26(3,4)5)19-31-24(22)21-12-7-8-13-23(21)32-27/h7-8,12-13,20,22,24H,9-11,14-19H2,1-6H3/t22-,24+,27+,28+/m0/s1. The van der Waals surface area contributed by atoms with Gasteiger partial charge in [0.15, 0.2) is 0 Å². The second-order valence-electron chi connectivity index (χ2n) is 12.3. The minimum atomic E-state index is -0.480. The molecule has 2 saturated heterocycles. The Morgan fingerprint density at radius 1 is 1.27 bits per heavy atom. The molecule has 1 aromatic rings. The first kappa shape index (κ1) is 24.4. The normalized spacial score (nSPS) is 31.7. The van der Waals surface area contributed by atoms with Gasteiger partial charge in [0.1, 0.15) is 17.0 Å². The minimum Gasteiger partial charge on any atom is -0.487 e. The van der Waals surface area contributed by atoms with Crippen molar-refractivity contribution in [3.05, 3.63) is 29.8 Å². The molecule has 4 rings (SSSR count). The van der Waals surface area contributed by atoms with Crippen LogP contribution in [0.3, 0.4) is 0 Å². The van der Waals surface area contributed by atoms with Gasteiger partial charge in [-0.05, 0) is 71.8 Å². The van der Waals surface area contributed by atoms with Crippen molar-refractivity contribution >= 4 is 6.09 Å². The molecule has 3 aliphatic heterocycles. The highest BCUT2D eigenvalue weighted by molar-refractivity contribution is 5.68. The van der Waals surface area contributed by atoms with Crippen LogP contribution in [0.4, 0.5) is 4.79 Å². The summed E-state index contributed by atoms with van der Waals surface area (Å²) in [7, 11) is 0. The summed E-state index contributed by atoms with van der Waals surface area (Å²) in [5, 5.41) is 0. The first-order chi connectivity index (χ1) is 15.5. The van der Waals surface area contributed by atoms with E-state index in [1.54, 1.807) is 0 Å². The largest absolute Gasteiger partial charge is 0.487 e. The van der Waals surface area contributed by atoms with Gasteiger partial charge in [-0.25, -0.2) is 4.79 Å². The van der Waals surface area contributed by atoms with Crippen LogP contribution in [-0.2, 0) is 9.47 Å². The van der Waals surface area contributed by atoms with Gasteiger partial charge in [-0.15, -0.1) is 0 Å². The number of ether oxygens (including phenoxy) is 3. The zero-order valence-corrected chi connectivity index (χ0v) is 21.5. The quantitative estimate of drug-likeness (QED) is 0.501. The van der Waals surface area contributed by atoms with E-state index >= 15 is 0 Å². The van der Waals surface area contributed by atoms with E-state index in [0.717, 1.165) is 44.4 Å². The second-order valence-corrected chi connectivity index (χ2v) is 12.3. The van der Waals surface area contributed by atoms with Crippen molar-refractivity contribution in [1.29, 1.82) is 0 Å². The lowest BCUT2D eigenvalue weighted by molar-refractivity contribution is -0.181. The molecule has 1 amide bonds. The van der Waals surface area contributed by atoms with E-state index in [9.17, 15) is 4.79 Å². The van der Waals surface area contributed by atoms with E-state index in [2.05, 4.69) is 45.0 Å². The number of carbonyl (C=O) groups excluding carboxylic acids is 1. The van der Waals surface area contributed by atoms with Crippen LogP contribution in [0.15, 0.2) is 24.3 Å². The second kappa shape index (κ2) is 9.13. The van der Waals surface area contributed by atoms with E-state index < -0.39 is 5.60 Å². The number of carbonyl (C=O) groups is 1. The monoisotopic (exact) mass is 457 g/mol. The van der Waals surface area contributed by atoms with Crippen LogP contribution in [0.1, 0.15) is 91.7 Å². The summed E-state index contributed by atoms with van der Waals surface area (Å²) >= 11 is 0. The Bertz CT molecular complexity index is 847. The van der Waals surface area contributed by atoms with Gasteiger partial charge >= 0.3 is 6.09 Å². The maximum absolute atomic E-state index is 12.9. The van der Waals surface area contributed by atoms with Crippen LogP contribution in [0.25, 0.3) is 0 Å². The fraction of sp³-hybridized carbons (Fsp3) is 0.750. The van der Waals surface area contributed by atoms with Gasteiger partial charge in [0.05, 0.1) is 12.7 Å². The fourth-order valence-corrected chi connectivity index (χ4v) is 6.07. The summed E-state index contributed by atoms with van der Waals surface area (Å²) in [6, 6.07) is 8.38. The van der Waals surface area contributed by atoms with Gasteiger partial charge in [0.2, 0.25) is 0 Å². The Kier molecular flexibility index (Phi) is 6.74. The van der Waals surface area contributed by atoms with Crippen LogP contribution in [-0.4, -0.2) is 41.9 Å². The molecular formula is C28H43NO4. The summed E-state index contributed by atoms with van der Waals surface area (Å²) in [6.45, 7) is 14.8. The summed E-state index contributed by atoms with van der Waals surface area (Å²) < 4.78 is 19.2. The summed E-state index contributed by atoms with van der Waals surface area (Å²) in [6.07, 6.45) is 6.32. The lowest BCUT2D eigenvalue weighted by Crippen LogP contribution is -2.57. The Morgan fingerprint density at radius 3 is 2.76 bits per heavy atom. The smallest absolute Gasteiger partial charge is 0.410 e. The van der Waals surface area contributed by atoms with Crippen LogP contribution in [0.5, 0.6) is 5.75 Å². The topological polar surface area (TPSA) is 48.0 Å². The zero-order chi connectivity index (χ0) is 23.9. The molecule has 3 aliphatic rings. The van der Waals surface area contributed by atoms with Crippen molar-refractivity contribution in [2.45, 2.75) is 97.4 Å². The van der Waals surface area contributed by atoms with Crippen LogP contribution in [0.2, 0.25) is 0 Å². The van der Waals surface area contributed by atoms with Gasteiger partial charge in [-0.1, -0.05) is 38.5 Å². The highest BCUT2D eigenvalue weighted by atomic mass is 16.6. The summed E-state index contributed by atoms with van der Waals surface area (Å²) in [5.74, 6) is 1.93. The molecule has 2 fully saturated rings. The number of piperidine rings is 1. The Hall–Kier alpha value is -1.75. The minimum absolute atomic E-state index is 0.0364. The zero-order valence-electron chi connectivity index (χ0n) is 21.5. The summed E-state index contributed by atoms with van der Waals surface area (Å²) in [5.41, 5.74) is 0.394. The number of para-hydroxylation sites is 1. The summed E-state index contributed by atoms with van der Waals surface area (Å²) in [4.78, 5) is 14.8. The molecule has 1 aromatic carbocycles. The molecule has 3 heterocycles. The molecule has 0 aliphatic carbocycles. The van der Waals surface area contributed by atoms with E-state index in [1.807, 2.05) is 25.7 Å². The van der Waals surface area contributed by atoms with E-state index in [0.29, 0.717) is 19.1 Å². The highest BCUT2D eigenvalue weighted by Gasteiger charge is 2.54. The molecule has 5 heteroatoms. The molecule has 5 nitrogen and oxygen atoms in total. The molecule has 0 radical (unpaired) electrons. The average molecular weight is 458 g/mol. The van der Waals surface area contributed by atoms with E-state index in [1.165, 1.54) is 12.0 Å². The molecule has 184 valence electrons. The van der Waals surface area contributed by atoms with Crippen molar-refractivity contribution in [2.24, 2.45) is 17.3 Å². The maximum Gasteiger partial charge on any atom is 0.410 e. The third kappa shape index (κ3) is 5.34. The van der Waals surface area contributed by atoms with Crippen molar-refractivity contribution < 1.29 is 19.0 Å². The van der Waals surface area contributed by atoms with Crippen LogP contribution < -0.4 is 4.74 Å². The van der Waals surface area contributed by atoms with Gasteiger partial charge < -0.3 is 19.1 Å². The number of likely N-dealkylation sites (tertiary alicyclic amines) is 1. The third-order valence-electron chi connectivity index (χ3n) is 7.71. The number of rotatable bonds is 4. The lowest BCUT2D eigenvalue weighted by Gasteiger charge is -2.55.